The Morgan fingerprint density at radius 2 is 2.21 bits per heavy atom. The van der Waals surface area contributed by atoms with Crippen LogP contribution in [0.3, 0.4) is 0 Å². The second kappa shape index (κ2) is 5.57. The van der Waals surface area contributed by atoms with Gasteiger partial charge >= 0.3 is 0 Å². The van der Waals surface area contributed by atoms with Crippen molar-refractivity contribution >= 4 is 23.5 Å². The Balaban J connectivity index is 2.15. The van der Waals surface area contributed by atoms with E-state index in [-0.39, 0.29) is 10.9 Å². The first-order valence-corrected chi connectivity index (χ1v) is 6.42. The zero-order valence-corrected chi connectivity index (χ0v) is 11.5. The van der Waals surface area contributed by atoms with Gasteiger partial charge in [0.15, 0.2) is 5.96 Å². The molecule has 0 spiro atoms. The lowest BCUT2D eigenvalue weighted by Gasteiger charge is -2.08. The Morgan fingerprint density at radius 1 is 1.47 bits per heavy atom. The molecule has 1 aliphatic heterocycles. The first kappa shape index (κ1) is 13.8. The van der Waals surface area contributed by atoms with Crippen LogP contribution in [0.1, 0.15) is 25.5 Å². The first-order chi connectivity index (χ1) is 8.97. The van der Waals surface area contributed by atoms with Crippen LogP contribution >= 0.6 is 11.6 Å². The number of aliphatic imine (C=N–C) groups is 1. The highest BCUT2D eigenvalue weighted by Crippen LogP contribution is 2.22. The lowest BCUT2D eigenvalue weighted by molar-refractivity contribution is -0.120. The van der Waals surface area contributed by atoms with Crippen molar-refractivity contribution in [3.8, 4) is 0 Å². The maximum absolute atomic E-state index is 13.1. The SMILES string of the molecule is CC(C)CN=C1NC(=O)C(c2ccc(F)c(Cl)c2)N1. The number of amides is 1. The van der Waals surface area contributed by atoms with Crippen molar-refractivity contribution in [1.82, 2.24) is 10.6 Å². The topological polar surface area (TPSA) is 53.5 Å². The van der Waals surface area contributed by atoms with Gasteiger partial charge in [-0.1, -0.05) is 31.5 Å². The summed E-state index contributed by atoms with van der Waals surface area (Å²) in [7, 11) is 0. The Labute approximate surface area is 116 Å². The summed E-state index contributed by atoms with van der Waals surface area (Å²) >= 11 is 5.71. The molecule has 0 aromatic heterocycles. The molecule has 19 heavy (non-hydrogen) atoms. The van der Waals surface area contributed by atoms with Crippen molar-refractivity contribution in [3.05, 3.63) is 34.6 Å². The first-order valence-electron chi connectivity index (χ1n) is 6.04. The molecule has 0 aliphatic carbocycles. The maximum atomic E-state index is 13.1. The molecule has 6 heteroatoms. The quantitative estimate of drug-likeness (QED) is 0.894. The summed E-state index contributed by atoms with van der Waals surface area (Å²) in [4.78, 5) is 16.1. The van der Waals surface area contributed by atoms with Gasteiger partial charge in [0.1, 0.15) is 11.9 Å². The lowest BCUT2D eigenvalue weighted by Crippen LogP contribution is -2.26. The summed E-state index contributed by atoms with van der Waals surface area (Å²) in [6, 6.07) is 3.64. The number of halogens is 2. The minimum atomic E-state index is -0.580. The van der Waals surface area contributed by atoms with Gasteiger partial charge in [0, 0.05) is 6.54 Å². The van der Waals surface area contributed by atoms with Gasteiger partial charge in [-0.15, -0.1) is 0 Å². The van der Waals surface area contributed by atoms with E-state index in [2.05, 4.69) is 15.6 Å². The summed E-state index contributed by atoms with van der Waals surface area (Å²) in [6.07, 6.45) is 0. The largest absolute Gasteiger partial charge is 0.340 e. The summed E-state index contributed by atoms with van der Waals surface area (Å²) in [6.45, 7) is 4.70. The number of hydrogen-bond acceptors (Lipinski definition) is 2. The highest BCUT2D eigenvalue weighted by Gasteiger charge is 2.29. The molecule has 1 amide bonds. The fourth-order valence-electron chi connectivity index (χ4n) is 1.71. The number of rotatable bonds is 3. The van der Waals surface area contributed by atoms with E-state index in [1.807, 2.05) is 13.8 Å². The standard InChI is InChI=1S/C13H15ClFN3O/c1-7(2)6-16-13-17-11(12(19)18-13)8-3-4-10(15)9(14)5-8/h3-5,7,11H,6H2,1-2H3,(H2,16,17,18,19). The van der Waals surface area contributed by atoms with E-state index < -0.39 is 11.9 Å². The second-order valence-electron chi connectivity index (χ2n) is 4.82. The molecule has 0 radical (unpaired) electrons. The molecule has 1 fully saturated rings. The number of carbonyl (C=O) groups excluding carboxylic acids is 1. The van der Waals surface area contributed by atoms with Crippen LogP contribution in [0.2, 0.25) is 5.02 Å². The summed E-state index contributed by atoms with van der Waals surface area (Å²) in [5.41, 5.74) is 0.610. The molecular formula is C13H15ClFN3O. The van der Waals surface area contributed by atoms with Crippen LogP contribution < -0.4 is 10.6 Å². The molecule has 1 aliphatic rings. The van der Waals surface area contributed by atoms with Crippen LogP contribution in [0.4, 0.5) is 4.39 Å². The molecule has 1 aromatic carbocycles. The fourth-order valence-corrected chi connectivity index (χ4v) is 1.90. The predicted octanol–water partition coefficient (Wildman–Crippen LogP) is 2.25. The van der Waals surface area contributed by atoms with Crippen molar-refractivity contribution in [2.45, 2.75) is 19.9 Å². The van der Waals surface area contributed by atoms with E-state index in [4.69, 9.17) is 11.6 Å². The monoisotopic (exact) mass is 283 g/mol. The molecule has 1 atom stereocenters. The Morgan fingerprint density at radius 3 is 2.84 bits per heavy atom. The molecule has 0 saturated carbocycles. The molecule has 1 heterocycles. The summed E-state index contributed by atoms with van der Waals surface area (Å²) in [5.74, 6) is 0.136. The number of hydrogen-bond donors (Lipinski definition) is 2. The molecule has 2 rings (SSSR count). The Bertz CT molecular complexity index is 531. The molecule has 4 nitrogen and oxygen atoms in total. The maximum Gasteiger partial charge on any atom is 0.253 e. The van der Waals surface area contributed by atoms with Gasteiger partial charge in [-0.2, -0.15) is 0 Å². The highest BCUT2D eigenvalue weighted by molar-refractivity contribution is 6.30. The number of carbonyl (C=O) groups is 1. The fraction of sp³-hybridized carbons (Fsp3) is 0.385. The van der Waals surface area contributed by atoms with Gasteiger partial charge in [0.25, 0.3) is 5.91 Å². The minimum Gasteiger partial charge on any atom is -0.340 e. The molecule has 2 N–H and O–H groups in total. The van der Waals surface area contributed by atoms with Crippen molar-refractivity contribution in [2.24, 2.45) is 10.9 Å². The van der Waals surface area contributed by atoms with Crippen LogP contribution in [0, 0.1) is 11.7 Å². The van der Waals surface area contributed by atoms with Crippen molar-refractivity contribution in [2.75, 3.05) is 6.54 Å². The van der Waals surface area contributed by atoms with Gasteiger partial charge < -0.3 is 5.32 Å². The molecule has 1 aromatic rings. The number of nitrogens with zero attached hydrogens (tertiary/aromatic N) is 1. The second-order valence-corrected chi connectivity index (χ2v) is 5.23. The molecular weight excluding hydrogens is 269 g/mol. The number of benzene rings is 1. The van der Waals surface area contributed by atoms with Crippen molar-refractivity contribution in [1.29, 1.82) is 0 Å². The van der Waals surface area contributed by atoms with E-state index in [1.165, 1.54) is 18.2 Å². The van der Waals surface area contributed by atoms with E-state index in [0.29, 0.717) is 24.0 Å². The van der Waals surface area contributed by atoms with Gasteiger partial charge in [-0.05, 0) is 23.6 Å². The zero-order chi connectivity index (χ0) is 14.0. The van der Waals surface area contributed by atoms with Crippen LogP contribution in [0.25, 0.3) is 0 Å². The highest BCUT2D eigenvalue weighted by atomic mass is 35.5. The molecule has 102 valence electrons. The summed E-state index contributed by atoms with van der Waals surface area (Å²) in [5, 5.41) is 5.62. The smallest absolute Gasteiger partial charge is 0.253 e. The number of nitrogens with one attached hydrogen (secondary N) is 2. The van der Waals surface area contributed by atoms with E-state index in [0.717, 1.165) is 0 Å². The van der Waals surface area contributed by atoms with Crippen LogP contribution in [-0.2, 0) is 4.79 Å². The normalized spacial score (nSPS) is 20.8. The third-order valence-electron chi connectivity index (χ3n) is 2.68. The van der Waals surface area contributed by atoms with E-state index >= 15 is 0 Å². The number of guanidine groups is 1. The van der Waals surface area contributed by atoms with Crippen LogP contribution in [0.15, 0.2) is 23.2 Å². The Hall–Kier alpha value is -1.62. The minimum absolute atomic E-state index is 0.000306. The van der Waals surface area contributed by atoms with Crippen LogP contribution in [-0.4, -0.2) is 18.4 Å². The average molecular weight is 284 g/mol. The third kappa shape index (κ3) is 3.23. The predicted molar refractivity (Wildman–Crippen MR) is 72.6 cm³/mol. The van der Waals surface area contributed by atoms with Crippen molar-refractivity contribution in [3.63, 3.8) is 0 Å². The lowest BCUT2D eigenvalue weighted by atomic mass is 10.1. The third-order valence-corrected chi connectivity index (χ3v) is 2.97. The van der Waals surface area contributed by atoms with Crippen LogP contribution in [0.5, 0.6) is 0 Å². The van der Waals surface area contributed by atoms with E-state index in [1.54, 1.807) is 0 Å². The molecule has 1 unspecified atom stereocenters. The van der Waals surface area contributed by atoms with Crippen molar-refractivity contribution < 1.29 is 9.18 Å². The van der Waals surface area contributed by atoms with Gasteiger partial charge in [-0.3, -0.25) is 15.1 Å². The van der Waals surface area contributed by atoms with Gasteiger partial charge in [0.05, 0.1) is 5.02 Å². The summed E-state index contributed by atoms with van der Waals surface area (Å²) < 4.78 is 13.1. The molecule has 0 bridgehead atoms. The average Bonchev–Trinajstić information content (AvgIpc) is 2.72. The van der Waals surface area contributed by atoms with Gasteiger partial charge in [-0.25, -0.2) is 4.39 Å². The molecule has 1 saturated heterocycles. The van der Waals surface area contributed by atoms with E-state index in [9.17, 15) is 9.18 Å². The Kier molecular flexibility index (Phi) is 4.04. The zero-order valence-electron chi connectivity index (χ0n) is 10.7. The van der Waals surface area contributed by atoms with Gasteiger partial charge in [0.2, 0.25) is 0 Å².